The molecule has 1 aromatic heterocycles. The molecule has 6 nitrogen and oxygen atoms in total. The van der Waals surface area contributed by atoms with Crippen molar-refractivity contribution >= 4 is 10.0 Å². The van der Waals surface area contributed by atoms with Crippen molar-refractivity contribution in [1.82, 2.24) is 14.9 Å². The number of rotatable bonds is 7. The Balaban J connectivity index is 1.95. The first kappa shape index (κ1) is 13.5. The third kappa shape index (κ3) is 3.09. The zero-order chi connectivity index (χ0) is 13.2. The maximum atomic E-state index is 12.0. The molecule has 1 saturated carbocycles. The molecular weight excluding hydrogens is 252 g/mol. The lowest BCUT2D eigenvalue weighted by Gasteiger charge is -2.05. The van der Waals surface area contributed by atoms with Crippen LogP contribution in [0, 0.1) is 12.8 Å². The summed E-state index contributed by atoms with van der Waals surface area (Å²) in [4.78, 5) is 0. The second kappa shape index (κ2) is 5.38. The van der Waals surface area contributed by atoms with Crippen molar-refractivity contribution in [1.29, 1.82) is 0 Å². The number of hydrogen-bond acceptors (Lipinski definition) is 4. The van der Waals surface area contributed by atoms with Gasteiger partial charge in [-0.2, -0.15) is 5.10 Å². The van der Waals surface area contributed by atoms with E-state index in [1.165, 1.54) is 12.8 Å². The molecule has 4 N–H and O–H groups in total. The van der Waals surface area contributed by atoms with Gasteiger partial charge in [-0.15, -0.1) is 0 Å². The van der Waals surface area contributed by atoms with Gasteiger partial charge in [0, 0.05) is 24.3 Å². The van der Waals surface area contributed by atoms with Gasteiger partial charge in [-0.3, -0.25) is 5.10 Å². The Morgan fingerprint density at radius 2 is 2.22 bits per heavy atom. The van der Waals surface area contributed by atoms with Gasteiger partial charge in [-0.1, -0.05) is 12.8 Å². The van der Waals surface area contributed by atoms with Crippen molar-refractivity contribution in [2.45, 2.75) is 44.2 Å². The van der Waals surface area contributed by atoms with Gasteiger partial charge in [0.05, 0.1) is 0 Å². The first-order valence-corrected chi connectivity index (χ1v) is 7.76. The van der Waals surface area contributed by atoms with Crippen LogP contribution in [0.4, 0.5) is 0 Å². The number of aryl methyl sites for hydroxylation is 1. The van der Waals surface area contributed by atoms with Crippen LogP contribution in [-0.2, 0) is 16.6 Å². The van der Waals surface area contributed by atoms with Crippen LogP contribution in [0.25, 0.3) is 0 Å². The number of nitrogens with two attached hydrogens (primary N) is 1. The standard InChI is InChI=1S/C11H20N4O2S/c1-8-10(7-12)11(15-14-8)18(16,17)13-6-2-3-9-4-5-9/h9,13H,2-7,12H2,1H3,(H,14,15). The molecule has 1 aliphatic carbocycles. The number of nitrogens with zero attached hydrogens (tertiary/aromatic N) is 1. The number of aromatic nitrogens is 2. The molecule has 0 radical (unpaired) electrons. The Bertz CT molecular complexity index is 505. The molecule has 0 atom stereocenters. The van der Waals surface area contributed by atoms with Crippen molar-refractivity contribution in [3.8, 4) is 0 Å². The molecule has 0 amide bonds. The van der Waals surface area contributed by atoms with E-state index in [-0.39, 0.29) is 11.6 Å². The largest absolute Gasteiger partial charge is 0.326 e. The minimum atomic E-state index is -3.53. The highest BCUT2D eigenvalue weighted by atomic mass is 32.2. The zero-order valence-electron chi connectivity index (χ0n) is 10.6. The van der Waals surface area contributed by atoms with E-state index in [1.807, 2.05) is 0 Å². The smallest absolute Gasteiger partial charge is 0.260 e. The normalized spacial score (nSPS) is 16.1. The molecule has 1 aliphatic rings. The topological polar surface area (TPSA) is 101 Å². The Labute approximate surface area is 107 Å². The number of aromatic amines is 1. The predicted molar refractivity (Wildman–Crippen MR) is 68.4 cm³/mol. The van der Waals surface area contributed by atoms with Gasteiger partial charge >= 0.3 is 0 Å². The molecule has 0 aliphatic heterocycles. The van der Waals surface area contributed by atoms with E-state index in [2.05, 4.69) is 14.9 Å². The second-order valence-electron chi connectivity index (χ2n) is 4.82. The van der Waals surface area contributed by atoms with E-state index in [1.54, 1.807) is 6.92 Å². The predicted octanol–water partition coefficient (Wildman–Crippen LogP) is 0.645. The highest BCUT2D eigenvalue weighted by Gasteiger charge is 2.24. The van der Waals surface area contributed by atoms with E-state index in [0.29, 0.717) is 17.8 Å². The molecular formula is C11H20N4O2S. The molecule has 2 rings (SSSR count). The van der Waals surface area contributed by atoms with Crippen LogP contribution >= 0.6 is 0 Å². The number of sulfonamides is 1. The summed E-state index contributed by atoms with van der Waals surface area (Å²) in [6.07, 6.45) is 4.57. The van der Waals surface area contributed by atoms with Crippen molar-refractivity contribution in [3.63, 3.8) is 0 Å². The SMILES string of the molecule is Cc1[nH]nc(S(=O)(=O)NCCCC2CC2)c1CN. The average molecular weight is 272 g/mol. The minimum Gasteiger partial charge on any atom is -0.326 e. The molecule has 18 heavy (non-hydrogen) atoms. The molecule has 7 heteroatoms. The highest BCUT2D eigenvalue weighted by molar-refractivity contribution is 7.89. The summed E-state index contributed by atoms with van der Waals surface area (Å²) in [5, 5.41) is 6.53. The molecule has 0 unspecified atom stereocenters. The fourth-order valence-electron chi connectivity index (χ4n) is 1.96. The van der Waals surface area contributed by atoms with E-state index >= 15 is 0 Å². The summed E-state index contributed by atoms with van der Waals surface area (Å²) >= 11 is 0. The lowest BCUT2D eigenvalue weighted by molar-refractivity contribution is 0.567. The quantitative estimate of drug-likeness (QED) is 0.634. The van der Waals surface area contributed by atoms with Gasteiger partial charge in [0.2, 0.25) is 0 Å². The van der Waals surface area contributed by atoms with Crippen molar-refractivity contribution in [2.24, 2.45) is 11.7 Å². The summed E-state index contributed by atoms with van der Waals surface area (Å²) in [5.74, 6) is 0.821. The monoisotopic (exact) mass is 272 g/mol. The first-order chi connectivity index (χ1) is 8.54. The molecule has 0 bridgehead atoms. The minimum absolute atomic E-state index is 0.0360. The van der Waals surface area contributed by atoms with E-state index in [4.69, 9.17) is 5.73 Å². The van der Waals surface area contributed by atoms with Crippen LogP contribution < -0.4 is 10.5 Å². The Kier molecular flexibility index (Phi) is 4.04. The Morgan fingerprint density at radius 3 is 2.83 bits per heavy atom. The summed E-state index contributed by atoms with van der Waals surface area (Å²) in [7, 11) is -3.53. The number of H-pyrrole nitrogens is 1. The first-order valence-electron chi connectivity index (χ1n) is 6.28. The van der Waals surface area contributed by atoms with Crippen molar-refractivity contribution in [3.05, 3.63) is 11.3 Å². The fourth-order valence-corrected chi connectivity index (χ4v) is 3.24. The summed E-state index contributed by atoms with van der Waals surface area (Å²) in [6, 6.07) is 0. The zero-order valence-corrected chi connectivity index (χ0v) is 11.4. The number of hydrogen-bond donors (Lipinski definition) is 3. The summed E-state index contributed by atoms with van der Waals surface area (Å²) in [6.45, 7) is 2.40. The van der Waals surface area contributed by atoms with Crippen LogP contribution in [0.5, 0.6) is 0 Å². The maximum absolute atomic E-state index is 12.0. The molecule has 102 valence electrons. The Morgan fingerprint density at radius 1 is 1.50 bits per heavy atom. The van der Waals surface area contributed by atoms with Gasteiger partial charge in [0.1, 0.15) is 0 Å². The maximum Gasteiger partial charge on any atom is 0.260 e. The van der Waals surface area contributed by atoms with Crippen LogP contribution in [0.3, 0.4) is 0 Å². The lowest BCUT2D eigenvalue weighted by Crippen LogP contribution is -2.26. The molecule has 1 fully saturated rings. The summed E-state index contributed by atoms with van der Waals surface area (Å²) in [5.41, 5.74) is 6.81. The highest BCUT2D eigenvalue weighted by Crippen LogP contribution is 2.33. The van der Waals surface area contributed by atoms with Gasteiger partial charge in [0.15, 0.2) is 5.03 Å². The number of nitrogens with one attached hydrogen (secondary N) is 2. The summed E-state index contributed by atoms with van der Waals surface area (Å²) < 4.78 is 26.7. The van der Waals surface area contributed by atoms with Gasteiger partial charge in [0.25, 0.3) is 10.0 Å². The van der Waals surface area contributed by atoms with Crippen molar-refractivity contribution < 1.29 is 8.42 Å². The van der Waals surface area contributed by atoms with Gasteiger partial charge < -0.3 is 5.73 Å². The second-order valence-corrected chi connectivity index (χ2v) is 6.50. The van der Waals surface area contributed by atoms with Crippen LogP contribution in [0.1, 0.15) is 36.9 Å². The van der Waals surface area contributed by atoms with E-state index in [9.17, 15) is 8.42 Å². The fraction of sp³-hybridized carbons (Fsp3) is 0.727. The van der Waals surface area contributed by atoms with Crippen LogP contribution in [-0.4, -0.2) is 25.2 Å². The van der Waals surface area contributed by atoms with E-state index in [0.717, 1.165) is 18.8 Å². The van der Waals surface area contributed by atoms with Crippen molar-refractivity contribution in [2.75, 3.05) is 6.54 Å². The van der Waals surface area contributed by atoms with Crippen LogP contribution in [0.15, 0.2) is 5.03 Å². The molecule has 0 spiro atoms. The molecule has 1 aromatic rings. The lowest BCUT2D eigenvalue weighted by atomic mass is 10.2. The Hall–Kier alpha value is -0.920. The average Bonchev–Trinajstić information content (AvgIpc) is 3.06. The third-order valence-electron chi connectivity index (χ3n) is 3.27. The van der Waals surface area contributed by atoms with E-state index < -0.39 is 10.0 Å². The molecule has 0 aromatic carbocycles. The molecule has 0 saturated heterocycles. The van der Waals surface area contributed by atoms with Gasteiger partial charge in [-0.25, -0.2) is 13.1 Å². The third-order valence-corrected chi connectivity index (χ3v) is 4.70. The molecule has 1 heterocycles. The van der Waals surface area contributed by atoms with Crippen LogP contribution in [0.2, 0.25) is 0 Å². The van der Waals surface area contributed by atoms with Gasteiger partial charge in [-0.05, 0) is 25.7 Å².